The Kier molecular flexibility index (Phi) is 10.2. The predicted octanol–water partition coefficient (Wildman–Crippen LogP) is 18.2. The van der Waals surface area contributed by atoms with Crippen molar-refractivity contribution < 1.29 is 0 Å². The van der Waals surface area contributed by atoms with Crippen molar-refractivity contribution in [3.63, 3.8) is 0 Å². The Morgan fingerprint density at radius 2 is 0.730 bits per heavy atom. The maximum atomic E-state index is 10.7. The number of rotatable bonds is 8. The van der Waals surface area contributed by atoms with Gasteiger partial charge in [-0.3, -0.25) is 0 Å². The quantitative estimate of drug-likeness (QED) is 0.142. The van der Waals surface area contributed by atoms with Crippen LogP contribution >= 0.6 is 0 Å². The lowest BCUT2D eigenvalue weighted by atomic mass is 9.85. The smallest absolute Gasteiger partial charge is 0.164 e. The molecule has 0 atom stereocenters. The summed E-state index contributed by atoms with van der Waals surface area (Å²) in [5.41, 5.74) is 19.0. The molecular formula is C70H42N4. The van der Waals surface area contributed by atoms with Gasteiger partial charge in [0, 0.05) is 22.3 Å². The number of hydrogen-bond acceptors (Lipinski definition) is 4. The van der Waals surface area contributed by atoms with Gasteiger partial charge in [-0.1, -0.05) is 231 Å². The normalized spacial score (nSPS) is 11.5. The van der Waals surface area contributed by atoms with Gasteiger partial charge in [0.1, 0.15) is 0 Å². The maximum absolute atomic E-state index is 10.7. The topological polar surface area (TPSA) is 62.5 Å². The molecule has 0 fully saturated rings. The van der Waals surface area contributed by atoms with Crippen molar-refractivity contribution in [3.8, 4) is 118 Å². The zero-order valence-electron chi connectivity index (χ0n) is 40.0. The van der Waals surface area contributed by atoms with Gasteiger partial charge in [-0.05, 0) is 129 Å². The van der Waals surface area contributed by atoms with Crippen LogP contribution in [0, 0.1) is 11.3 Å². The summed E-state index contributed by atoms with van der Waals surface area (Å²) in [6.07, 6.45) is 0. The van der Waals surface area contributed by atoms with Crippen LogP contribution in [0.3, 0.4) is 0 Å². The van der Waals surface area contributed by atoms with Crippen molar-refractivity contribution in [2.75, 3.05) is 0 Å². The summed E-state index contributed by atoms with van der Waals surface area (Å²) in [5, 5.41) is 18.1. The first-order valence-corrected chi connectivity index (χ1v) is 25.0. The number of benzene rings is 12. The lowest BCUT2D eigenvalue weighted by Gasteiger charge is -2.18. The fraction of sp³-hybridized carbons (Fsp3) is 0. The molecule has 74 heavy (non-hydrogen) atoms. The summed E-state index contributed by atoms with van der Waals surface area (Å²) < 4.78 is 0. The van der Waals surface area contributed by atoms with Crippen LogP contribution in [0.25, 0.3) is 144 Å². The molecule has 0 saturated heterocycles. The number of hydrogen-bond donors (Lipinski definition) is 0. The van der Waals surface area contributed by atoms with E-state index in [9.17, 15) is 5.26 Å². The average Bonchev–Trinajstić information content (AvgIpc) is 3.84. The summed E-state index contributed by atoms with van der Waals surface area (Å²) in [7, 11) is 0. The Labute approximate surface area is 428 Å². The Morgan fingerprint density at radius 1 is 0.257 bits per heavy atom. The van der Waals surface area contributed by atoms with E-state index in [1.165, 1.54) is 54.6 Å². The van der Waals surface area contributed by atoms with Crippen molar-refractivity contribution >= 4 is 32.3 Å². The highest BCUT2D eigenvalue weighted by Gasteiger charge is 2.24. The van der Waals surface area contributed by atoms with Crippen LogP contribution in [0.15, 0.2) is 255 Å². The minimum Gasteiger partial charge on any atom is -0.208 e. The van der Waals surface area contributed by atoms with Gasteiger partial charge in [-0.15, -0.1) is 0 Å². The Hall–Kier alpha value is -10.1. The second-order valence-corrected chi connectivity index (χ2v) is 18.9. The minimum absolute atomic E-state index is 0.593. The SMILES string of the molecule is N#Cc1cccc(-c2ccc(-c3cccc(-c4nc(-c5ccccc5)nc(-c5cccc(-c6cc7ccccc7c7ccccc67)c5)n4)c3)cc2)c1-c1ccccc1-c1ccc2c3c(cccc13)-c1ccccc1-2. The van der Waals surface area contributed by atoms with Gasteiger partial charge in [-0.25, -0.2) is 15.0 Å². The van der Waals surface area contributed by atoms with E-state index in [0.29, 0.717) is 23.0 Å². The van der Waals surface area contributed by atoms with Gasteiger partial charge in [0.05, 0.1) is 11.6 Å². The molecule has 14 rings (SSSR count). The first-order chi connectivity index (χ1) is 36.6. The van der Waals surface area contributed by atoms with Crippen molar-refractivity contribution in [2.45, 2.75) is 0 Å². The molecule has 4 nitrogen and oxygen atoms in total. The van der Waals surface area contributed by atoms with E-state index in [4.69, 9.17) is 15.0 Å². The molecule has 0 aliphatic heterocycles. The first kappa shape index (κ1) is 42.8. The highest BCUT2D eigenvalue weighted by atomic mass is 15.0. The number of fused-ring (bicyclic) bond motifs is 6. The molecule has 1 aliphatic carbocycles. The van der Waals surface area contributed by atoms with Gasteiger partial charge >= 0.3 is 0 Å². The van der Waals surface area contributed by atoms with Crippen LogP contribution in [0.1, 0.15) is 5.56 Å². The Balaban J connectivity index is 0.831. The largest absolute Gasteiger partial charge is 0.208 e. The van der Waals surface area contributed by atoms with Gasteiger partial charge in [-0.2, -0.15) is 5.26 Å². The van der Waals surface area contributed by atoms with Gasteiger partial charge in [0.25, 0.3) is 0 Å². The van der Waals surface area contributed by atoms with E-state index in [0.717, 1.165) is 72.3 Å². The summed E-state index contributed by atoms with van der Waals surface area (Å²) in [4.78, 5) is 15.4. The third kappa shape index (κ3) is 7.18. The molecule has 0 bridgehead atoms. The first-order valence-electron chi connectivity index (χ1n) is 25.0. The van der Waals surface area contributed by atoms with Gasteiger partial charge < -0.3 is 0 Å². The number of nitriles is 1. The van der Waals surface area contributed by atoms with Crippen molar-refractivity contribution in [1.82, 2.24) is 15.0 Å². The highest BCUT2D eigenvalue weighted by Crippen LogP contribution is 2.51. The molecule has 1 aliphatic rings. The minimum atomic E-state index is 0.593. The van der Waals surface area contributed by atoms with Crippen molar-refractivity contribution in [1.29, 1.82) is 5.26 Å². The van der Waals surface area contributed by atoms with E-state index in [1.54, 1.807) is 0 Å². The molecule has 0 amide bonds. The fourth-order valence-electron chi connectivity index (χ4n) is 11.3. The zero-order valence-corrected chi connectivity index (χ0v) is 40.0. The molecule has 342 valence electrons. The third-order valence-electron chi connectivity index (χ3n) is 14.7. The molecule has 4 heteroatoms. The van der Waals surface area contributed by atoms with Crippen LogP contribution in [-0.2, 0) is 0 Å². The Bertz CT molecular complexity index is 4400. The van der Waals surface area contributed by atoms with Crippen LogP contribution in [0.4, 0.5) is 0 Å². The number of nitrogens with zero attached hydrogens (tertiary/aromatic N) is 4. The fourth-order valence-corrected chi connectivity index (χ4v) is 11.3. The summed E-state index contributed by atoms with van der Waals surface area (Å²) in [6.45, 7) is 0. The number of aromatic nitrogens is 3. The van der Waals surface area contributed by atoms with E-state index < -0.39 is 0 Å². The highest BCUT2D eigenvalue weighted by molar-refractivity contribution is 6.19. The summed E-state index contributed by atoms with van der Waals surface area (Å²) >= 11 is 0. The molecule has 1 heterocycles. The molecule has 12 aromatic carbocycles. The van der Waals surface area contributed by atoms with E-state index in [-0.39, 0.29) is 0 Å². The molecule has 0 radical (unpaired) electrons. The molecule has 0 saturated carbocycles. The lowest BCUT2D eigenvalue weighted by Crippen LogP contribution is -2.00. The lowest BCUT2D eigenvalue weighted by molar-refractivity contribution is 1.07. The van der Waals surface area contributed by atoms with Gasteiger partial charge in [0.15, 0.2) is 17.5 Å². The summed E-state index contributed by atoms with van der Waals surface area (Å²) in [5.74, 6) is 1.81. The predicted molar refractivity (Wildman–Crippen MR) is 305 cm³/mol. The molecule has 0 unspecified atom stereocenters. The standard InChI is InChI=1S/C70H42N4/c71-43-52-23-14-31-54(66(52)61-30-11-10-28-58(61)60-38-39-64-57-27-8-7-26-56(57)62-32-15-33-63(60)67(62)64)45-36-34-44(35-37-45)47-19-12-21-50(40-47)69-72-68(46-16-2-1-3-17-46)73-70(74-69)51-22-13-20-48(41-51)65-42-49-18-4-5-24-53(49)55-25-6-9-29-59(55)65/h1-42H. The molecule has 1 aromatic heterocycles. The monoisotopic (exact) mass is 938 g/mol. The second-order valence-electron chi connectivity index (χ2n) is 18.9. The Morgan fingerprint density at radius 3 is 1.46 bits per heavy atom. The van der Waals surface area contributed by atoms with E-state index in [1.807, 2.05) is 42.5 Å². The maximum Gasteiger partial charge on any atom is 0.164 e. The van der Waals surface area contributed by atoms with Crippen LogP contribution in [-0.4, -0.2) is 15.0 Å². The molecule has 13 aromatic rings. The van der Waals surface area contributed by atoms with Crippen molar-refractivity contribution in [2.24, 2.45) is 0 Å². The average molecular weight is 939 g/mol. The second kappa shape index (κ2) is 17.6. The molecule has 0 spiro atoms. The van der Waals surface area contributed by atoms with E-state index >= 15 is 0 Å². The molecular weight excluding hydrogens is 897 g/mol. The van der Waals surface area contributed by atoms with Gasteiger partial charge in [0.2, 0.25) is 0 Å². The van der Waals surface area contributed by atoms with Crippen LogP contribution in [0.5, 0.6) is 0 Å². The van der Waals surface area contributed by atoms with Crippen LogP contribution < -0.4 is 0 Å². The van der Waals surface area contributed by atoms with Crippen LogP contribution in [0.2, 0.25) is 0 Å². The third-order valence-corrected chi connectivity index (χ3v) is 14.7. The zero-order chi connectivity index (χ0) is 49.1. The van der Waals surface area contributed by atoms with Crippen molar-refractivity contribution in [3.05, 3.63) is 260 Å². The molecule has 0 N–H and O–H groups in total. The van der Waals surface area contributed by atoms with E-state index in [2.05, 4.69) is 218 Å². The summed E-state index contributed by atoms with van der Waals surface area (Å²) in [6, 6.07) is 92.2.